The fourth-order valence-electron chi connectivity index (χ4n) is 2.38. The fourth-order valence-corrected chi connectivity index (χ4v) is 2.38. The van der Waals surface area contributed by atoms with Gasteiger partial charge in [-0.3, -0.25) is 4.98 Å². The molecule has 4 nitrogen and oxygen atoms in total. The predicted molar refractivity (Wildman–Crippen MR) is 83.0 cm³/mol. The molecule has 3 aromatic rings. The van der Waals surface area contributed by atoms with Gasteiger partial charge in [0, 0.05) is 0 Å². The number of benzene rings is 1. The number of aromatic nitrogens is 2. The van der Waals surface area contributed by atoms with Gasteiger partial charge in [0.15, 0.2) is 0 Å². The van der Waals surface area contributed by atoms with Gasteiger partial charge in [0.1, 0.15) is 0 Å². The Bertz CT molecular complexity index is 694. The van der Waals surface area contributed by atoms with Crippen LogP contribution in [0, 0.1) is 0 Å². The van der Waals surface area contributed by atoms with Crippen LogP contribution in [0.5, 0.6) is 0 Å². The zero-order chi connectivity index (χ0) is 14.5. The molecule has 21 heavy (non-hydrogen) atoms. The van der Waals surface area contributed by atoms with Crippen LogP contribution >= 0.6 is 0 Å². The highest BCUT2D eigenvalue weighted by Crippen LogP contribution is 2.19. The topological polar surface area (TPSA) is 51.0 Å². The molecule has 108 valence electrons. The van der Waals surface area contributed by atoms with Gasteiger partial charge >= 0.3 is 0 Å². The van der Waals surface area contributed by atoms with Gasteiger partial charge in [-0.05, 0) is 43.1 Å². The second kappa shape index (κ2) is 6.50. The Labute approximate surface area is 124 Å². The second-order valence-corrected chi connectivity index (χ2v) is 5.13. The quantitative estimate of drug-likeness (QED) is 0.751. The standard InChI is InChI=1S/C17H19N3O/c1-2-8-18-16(10-13-7-9-21-12-13)17-11-19-14-5-3-4-6-15(14)20-17/h3-7,9,11-12,16,18H,2,8,10H2,1H3. The van der Waals surface area contributed by atoms with Gasteiger partial charge in [-0.25, -0.2) is 4.98 Å². The first-order valence-electron chi connectivity index (χ1n) is 7.33. The summed E-state index contributed by atoms with van der Waals surface area (Å²) in [5.41, 5.74) is 4.01. The van der Waals surface area contributed by atoms with Crippen LogP contribution in [0.15, 0.2) is 53.5 Å². The molecule has 4 heteroatoms. The lowest BCUT2D eigenvalue weighted by Crippen LogP contribution is -2.25. The summed E-state index contributed by atoms with van der Waals surface area (Å²) in [6.07, 6.45) is 7.30. The van der Waals surface area contributed by atoms with Gasteiger partial charge in [-0.1, -0.05) is 19.1 Å². The zero-order valence-corrected chi connectivity index (χ0v) is 12.1. The molecule has 0 amide bonds. The molecule has 0 fully saturated rings. The van der Waals surface area contributed by atoms with Crippen LogP contribution < -0.4 is 5.32 Å². The van der Waals surface area contributed by atoms with E-state index >= 15 is 0 Å². The summed E-state index contributed by atoms with van der Waals surface area (Å²) < 4.78 is 5.16. The van der Waals surface area contributed by atoms with Gasteiger partial charge in [0.2, 0.25) is 0 Å². The highest BCUT2D eigenvalue weighted by atomic mass is 16.3. The zero-order valence-electron chi connectivity index (χ0n) is 12.1. The van der Waals surface area contributed by atoms with E-state index in [1.807, 2.05) is 36.5 Å². The Morgan fingerprint density at radius 3 is 2.81 bits per heavy atom. The van der Waals surface area contributed by atoms with Crippen molar-refractivity contribution in [3.63, 3.8) is 0 Å². The molecule has 0 radical (unpaired) electrons. The van der Waals surface area contributed by atoms with Crippen molar-refractivity contribution in [2.75, 3.05) is 6.54 Å². The third-order valence-electron chi connectivity index (χ3n) is 3.48. The highest BCUT2D eigenvalue weighted by Gasteiger charge is 2.14. The smallest absolute Gasteiger partial charge is 0.0935 e. The molecule has 1 aromatic carbocycles. The maximum Gasteiger partial charge on any atom is 0.0935 e. The summed E-state index contributed by atoms with van der Waals surface area (Å²) >= 11 is 0. The lowest BCUT2D eigenvalue weighted by molar-refractivity contribution is 0.511. The first kappa shape index (κ1) is 13.8. The van der Waals surface area contributed by atoms with Crippen LogP contribution in [0.2, 0.25) is 0 Å². The van der Waals surface area contributed by atoms with Crippen molar-refractivity contribution < 1.29 is 4.42 Å². The normalized spacial score (nSPS) is 12.6. The SMILES string of the molecule is CCCNC(Cc1ccoc1)c1cnc2ccccc2n1. The Hall–Kier alpha value is -2.20. The summed E-state index contributed by atoms with van der Waals surface area (Å²) in [7, 11) is 0. The average molecular weight is 281 g/mol. The van der Waals surface area contributed by atoms with Crippen molar-refractivity contribution in [3.8, 4) is 0 Å². The molecule has 1 N–H and O–H groups in total. The Morgan fingerprint density at radius 2 is 2.05 bits per heavy atom. The molecule has 3 rings (SSSR count). The van der Waals surface area contributed by atoms with E-state index in [0.29, 0.717) is 0 Å². The molecule has 1 atom stereocenters. The molecule has 0 saturated carbocycles. The molecule has 0 spiro atoms. The molecular formula is C17H19N3O. The van der Waals surface area contributed by atoms with Crippen molar-refractivity contribution >= 4 is 11.0 Å². The van der Waals surface area contributed by atoms with Crippen LogP contribution in [0.3, 0.4) is 0 Å². The summed E-state index contributed by atoms with van der Waals surface area (Å²) in [4.78, 5) is 9.27. The van der Waals surface area contributed by atoms with Gasteiger partial charge in [0.25, 0.3) is 0 Å². The van der Waals surface area contributed by atoms with E-state index in [-0.39, 0.29) is 6.04 Å². The molecule has 1 unspecified atom stereocenters. The predicted octanol–water partition coefficient (Wildman–Crippen LogP) is 3.51. The molecule has 0 bridgehead atoms. The maximum atomic E-state index is 5.16. The van der Waals surface area contributed by atoms with Crippen LogP contribution in [0.4, 0.5) is 0 Å². The van der Waals surface area contributed by atoms with E-state index in [1.165, 1.54) is 5.56 Å². The average Bonchev–Trinajstić information content (AvgIpc) is 3.04. The van der Waals surface area contributed by atoms with Crippen molar-refractivity contribution in [2.45, 2.75) is 25.8 Å². The van der Waals surface area contributed by atoms with E-state index < -0.39 is 0 Å². The molecule has 0 aliphatic carbocycles. The van der Waals surface area contributed by atoms with Gasteiger partial charge < -0.3 is 9.73 Å². The summed E-state index contributed by atoms with van der Waals surface area (Å²) in [6.45, 7) is 3.12. The minimum absolute atomic E-state index is 0.152. The number of para-hydroxylation sites is 2. The van der Waals surface area contributed by atoms with Crippen LogP contribution in [0.25, 0.3) is 11.0 Å². The Morgan fingerprint density at radius 1 is 1.19 bits per heavy atom. The van der Waals surface area contributed by atoms with E-state index in [1.54, 1.807) is 12.5 Å². The summed E-state index contributed by atoms with van der Waals surface area (Å²) in [6, 6.07) is 10.1. The Kier molecular flexibility index (Phi) is 4.26. The van der Waals surface area contributed by atoms with E-state index in [0.717, 1.165) is 36.1 Å². The van der Waals surface area contributed by atoms with Crippen molar-refractivity contribution in [1.82, 2.24) is 15.3 Å². The number of fused-ring (bicyclic) bond motifs is 1. The van der Waals surface area contributed by atoms with Crippen molar-refractivity contribution in [2.24, 2.45) is 0 Å². The molecule has 0 aliphatic heterocycles. The monoisotopic (exact) mass is 281 g/mol. The number of nitrogens with one attached hydrogen (secondary N) is 1. The molecule has 2 aromatic heterocycles. The van der Waals surface area contributed by atoms with E-state index in [9.17, 15) is 0 Å². The van der Waals surface area contributed by atoms with Gasteiger partial charge in [-0.15, -0.1) is 0 Å². The molecular weight excluding hydrogens is 262 g/mol. The fraction of sp³-hybridized carbons (Fsp3) is 0.294. The molecule has 2 heterocycles. The maximum absolute atomic E-state index is 5.16. The first-order chi connectivity index (χ1) is 10.4. The minimum Gasteiger partial charge on any atom is -0.472 e. The van der Waals surface area contributed by atoms with Crippen LogP contribution in [0.1, 0.15) is 30.6 Å². The van der Waals surface area contributed by atoms with Gasteiger partial charge in [0.05, 0.1) is 41.5 Å². The first-order valence-corrected chi connectivity index (χ1v) is 7.33. The number of rotatable bonds is 6. The Balaban J connectivity index is 1.89. The largest absolute Gasteiger partial charge is 0.472 e. The molecule has 0 aliphatic rings. The van der Waals surface area contributed by atoms with Gasteiger partial charge in [-0.2, -0.15) is 0 Å². The molecule has 0 saturated heterocycles. The number of nitrogens with zero attached hydrogens (tertiary/aromatic N) is 2. The third-order valence-corrected chi connectivity index (χ3v) is 3.48. The van der Waals surface area contributed by atoms with Crippen molar-refractivity contribution in [3.05, 3.63) is 60.3 Å². The summed E-state index contributed by atoms with van der Waals surface area (Å²) in [5.74, 6) is 0. The van der Waals surface area contributed by atoms with Crippen molar-refractivity contribution in [1.29, 1.82) is 0 Å². The number of hydrogen-bond acceptors (Lipinski definition) is 4. The van der Waals surface area contributed by atoms with Crippen LogP contribution in [-0.4, -0.2) is 16.5 Å². The van der Waals surface area contributed by atoms with Crippen LogP contribution in [-0.2, 0) is 6.42 Å². The number of furan rings is 1. The number of hydrogen-bond donors (Lipinski definition) is 1. The van der Waals surface area contributed by atoms with E-state index in [2.05, 4.69) is 17.2 Å². The second-order valence-electron chi connectivity index (χ2n) is 5.13. The highest BCUT2D eigenvalue weighted by molar-refractivity contribution is 5.73. The lowest BCUT2D eigenvalue weighted by atomic mass is 10.1. The summed E-state index contributed by atoms with van der Waals surface area (Å²) in [5, 5.41) is 3.54. The minimum atomic E-state index is 0.152. The third kappa shape index (κ3) is 3.28. The lowest BCUT2D eigenvalue weighted by Gasteiger charge is -2.17. The van der Waals surface area contributed by atoms with E-state index in [4.69, 9.17) is 9.40 Å².